The molecule has 0 radical (unpaired) electrons. The van der Waals surface area contributed by atoms with Gasteiger partial charge >= 0.3 is 5.69 Å². The van der Waals surface area contributed by atoms with Crippen molar-refractivity contribution in [3.05, 3.63) is 55.5 Å². The molecule has 0 bridgehead atoms. The van der Waals surface area contributed by atoms with E-state index in [1.54, 1.807) is 12.1 Å². The molecule has 25 heavy (non-hydrogen) atoms. The van der Waals surface area contributed by atoms with Gasteiger partial charge in [-0.15, -0.1) is 11.3 Å². The molecule has 0 unspecified atom stereocenters. The van der Waals surface area contributed by atoms with Crippen LogP contribution in [-0.2, 0) is 6.54 Å². The highest BCUT2D eigenvalue weighted by atomic mass is 35.5. The molecule has 5 nitrogen and oxygen atoms in total. The standard InChI is InChI=1S/C18H20ClN3O2S/c1-3-21(4-2)9-10-22-17(23)15-14(11-25-16(15)20-18(22)24)12-5-7-13(19)8-6-12/h5-8,11H,3-4,9-10H2,1-2H3,(H,20,24). The van der Waals surface area contributed by atoms with E-state index >= 15 is 0 Å². The molecule has 132 valence electrons. The maximum atomic E-state index is 13.0. The van der Waals surface area contributed by atoms with E-state index in [2.05, 4.69) is 23.7 Å². The molecule has 0 aliphatic carbocycles. The lowest BCUT2D eigenvalue weighted by Crippen LogP contribution is -2.39. The summed E-state index contributed by atoms with van der Waals surface area (Å²) in [6.45, 7) is 6.96. The number of halogens is 1. The molecule has 0 saturated heterocycles. The Kier molecular flexibility index (Phi) is 5.42. The van der Waals surface area contributed by atoms with Crippen LogP contribution < -0.4 is 11.2 Å². The summed E-state index contributed by atoms with van der Waals surface area (Å²) in [5.74, 6) is 0. The highest BCUT2D eigenvalue weighted by Gasteiger charge is 2.15. The van der Waals surface area contributed by atoms with Gasteiger partial charge in [0.1, 0.15) is 4.83 Å². The lowest BCUT2D eigenvalue weighted by molar-refractivity contribution is 0.287. The first-order valence-electron chi connectivity index (χ1n) is 8.27. The zero-order valence-electron chi connectivity index (χ0n) is 14.2. The predicted molar refractivity (Wildman–Crippen MR) is 105 cm³/mol. The van der Waals surface area contributed by atoms with Crippen molar-refractivity contribution in [2.24, 2.45) is 0 Å². The van der Waals surface area contributed by atoms with Crippen molar-refractivity contribution in [2.45, 2.75) is 20.4 Å². The number of thiophene rings is 1. The first-order chi connectivity index (χ1) is 12.0. The molecular formula is C18H20ClN3O2S. The van der Waals surface area contributed by atoms with Crippen LogP contribution in [0, 0.1) is 0 Å². The Bertz CT molecular complexity index is 984. The number of benzene rings is 1. The van der Waals surface area contributed by atoms with Crippen molar-refractivity contribution < 1.29 is 0 Å². The molecule has 0 aliphatic rings. The minimum Gasteiger partial charge on any atom is -0.302 e. The van der Waals surface area contributed by atoms with Crippen molar-refractivity contribution in [3.63, 3.8) is 0 Å². The molecule has 2 aromatic heterocycles. The molecule has 7 heteroatoms. The van der Waals surface area contributed by atoms with Crippen LogP contribution in [0.25, 0.3) is 21.3 Å². The maximum absolute atomic E-state index is 13.0. The molecular weight excluding hydrogens is 358 g/mol. The minimum atomic E-state index is -0.353. The Labute approximate surface area is 154 Å². The molecule has 0 atom stereocenters. The second-order valence-corrected chi connectivity index (χ2v) is 7.09. The average molecular weight is 378 g/mol. The van der Waals surface area contributed by atoms with Crippen molar-refractivity contribution in [3.8, 4) is 11.1 Å². The first-order valence-corrected chi connectivity index (χ1v) is 9.53. The fraction of sp³-hybridized carbons (Fsp3) is 0.333. The molecule has 3 rings (SSSR count). The molecule has 1 aromatic carbocycles. The monoisotopic (exact) mass is 377 g/mol. The summed E-state index contributed by atoms with van der Waals surface area (Å²) in [5.41, 5.74) is 1.15. The van der Waals surface area contributed by atoms with Gasteiger partial charge in [0.05, 0.1) is 5.39 Å². The van der Waals surface area contributed by atoms with Crippen molar-refractivity contribution in [2.75, 3.05) is 19.6 Å². The molecule has 0 aliphatic heterocycles. The number of nitrogens with one attached hydrogen (secondary N) is 1. The third kappa shape index (κ3) is 3.56. The van der Waals surface area contributed by atoms with Gasteiger partial charge in [0.25, 0.3) is 5.56 Å². The van der Waals surface area contributed by atoms with Crippen molar-refractivity contribution >= 4 is 33.2 Å². The number of rotatable bonds is 6. The number of hydrogen-bond acceptors (Lipinski definition) is 4. The fourth-order valence-electron chi connectivity index (χ4n) is 2.88. The van der Waals surface area contributed by atoms with Gasteiger partial charge in [-0.2, -0.15) is 0 Å². The van der Waals surface area contributed by atoms with Gasteiger partial charge in [-0.3, -0.25) is 14.3 Å². The van der Waals surface area contributed by atoms with Crippen LogP contribution in [0.5, 0.6) is 0 Å². The number of nitrogens with zero attached hydrogens (tertiary/aromatic N) is 2. The van der Waals surface area contributed by atoms with E-state index in [9.17, 15) is 9.59 Å². The lowest BCUT2D eigenvalue weighted by Gasteiger charge is -2.18. The number of aromatic nitrogens is 2. The Balaban J connectivity index is 2.08. The third-order valence-corrected chi connectivity index (χ3v) is 5.55. The summed E-state index contributed by atoms with van der Waals surface area (Å²) in [6, 6.07) is 7.36. The molecule has 3 aromatic rings. The summed E-state index contributed by atoms with van der Waals surface area (Å²) in [4.78, 5) is 30.9. The molecule has 1 N–H and O–H groups in total. The van der Waals surface area contributed by atoms with Crippen LogP contribution in [0.3, 0.4) is 0 Å². The van der Waals surface area contributed by atoms with E-state index in [0.29, 0.717) is 28.3 Å². The topological polar surface area (TPSA) is 58.1 Å². The summed E-state index contributed by atoms with van der Waals surface area (Å²) in [5, 5.41) is 3.11. The number of fused-ring (bicyclic) bond motifs is 1. The normalized spacial score (nSPS) is 11.5. The quantitative estimate of drug-likeness (QED) is 0.716. The van der Waals surface area contributed by atoms with E-state index in [0.717, 1.165) is 24.2 Å². The zero-order valence-corrected chi connectivity index (χ0v) is 15.8. The summed E-state index contributed by atoms with van der Waals surface area (Å²) in [7, 11) is 0. The molecule has 0 amide bonds. The SMILES string of the molecule is CCN(CC)CCn1c(=O)[nH]c2scc(-c3ccc(Cl)cc3)c2c1=O. The van der Waals surface area contributed by atoms with Crippen molar-refractivity contribution in [1.29, 1.82) is 0 Å². The first kappa shape index (κ1) is 17.9. The summed E-state index contributed by atoms with van der Waals surface area (Å²) in [6.07, 6.45) is 0. The fourth-order valence-corrected chi connectivity index (χ4v) is 3.96. The number of likely N-dealkylation sites (N-methyl/N-ethyl adjacent to an activating group) is 1. The van der Waals surface area contributed by atoms with E-state index < -0.39 is 0 Å². The molecule has 0 saturated carbocycles. The number of H-pyrrole nitrogens is 1. The molecule has 2 heterocycles. The van der Waals surface area contributed by atoms with Crippen LogP contribution in [-0.4, -0.2) is 34.1 Å². The van der Waals surface area contributed by atoms with Crippen LogP contribution in [0.4, 0.5) is 0 Å². The lowest BCUT2D eigenvalue weighted by atomic mass is 10.1. The second-order valence-electron chi connectivity index (χ2n) is 5.77. The van der Waals surface area contributed by atoms with E-state index in [1.807, 2.05) is 17.5 Å². The highest BCUT2D eigenvalue weighted by molar-refractivity contribution is 7.17. The second kappa shape index (κ2) is 7.56. The molecule has 0 fully saturated rings. The van der Waals surface area contributed by atoms with E-state index in [4.69, 9.17) is 11.6 Å². The van der Waals surface area contributed by atoms with Gasteiger partial charge in [0, 0.05) is 29.1 Å². The highest BCUT2D eigenvalue weighted by Crippen LogP contribution is 2.30. The van der Waals surface area contributed by atoms with Crippen LogP contribution in [0.15, 0.2) is 39.2 Å². The summed E-state index contributed by atoms with van der Waals surface area (Å²) >= 11 is 7.32. The van der Waals surface area contributed by atoms with Gasteiger partial charge in [-0.25, -0.2) is 4.79 Å². The Morgan fingerprint density at radius 2 is 1.84 bits per heavy atom. The third-order valence-electron chi connectivity index (χ3n) is 4.41. The Hall–Kier alpha value is -1.89. The average Bonchev–Trinajstić information content (AvgIpc) is 3.02. The Morgan fingerprint density at radius 3 is 2.48 bits per heavy atom. The maximum Gasteiger partial charge on any atom is 0.329 e. The summed E-state index contributed by atoms with van der Waals surface area (Å²) < 4.78 is 1.30. The zero-order chi connectivity index (χ0) is 18.0. The Morgan fingerprint density at radius 1 is 1.16 bits per heavy atom. The molecule has 0 spiro atoms. The number of aromatic amines is 1. The van der Waals surface area contributed by atoms with Crippen LogP contribution >= 0.6 is 22.9 Å². The van der Waals surface area contributed by atoms with Crippen molar-refractivity contribution in [1.82, 2.24) is 14.5 Å². The van der Waals surface area contributed by atoms with E-state index in [-0.39, 0.29) is 11.2 Å². The predicted octanol–water partition coefficient (Wildman–Crippen LogP) is 3.41. The minimum absolute atomic E-state index is 0.239. The smallest absolute Gasteiger partial charge is 0.302 e. The van der Waals surface area contributed by atoms with Gasteiger partial charge in [-0.1, -0.05) is 37.6 Å². The van der Waals surface area contributed by atoms with Gasteiger partial charge in [0.15, 0.2) is 0 Å². The van der Waals surface area contributed by atoms with Crippen LogP contribution in [0.2, 0.25) is 5.02 Å². The van der Waals surface area contributed by atoms with Gasteiger partial charge < -0.3 is 4.90 Å². The largest absolute Gasteiger partial charge is 0.329 e. The van der Waals surface area contributed by atoms with E-state index in [1.165, 1.54) is 15.9 Å². The van der Waals surface area contributed by atoms with Crippen LogP contribution in [0.1, 0.15) is 13.8 Å². The van der Waals surface area contributed by atoms with Gasteiger partial charge in [-0.05, 0) is 30.8 Å². The van der Waals surface area contributed by atoms with Gasteiger partial charge in [0.2, 0.25) is 0 Å². The number of hydrogen-bond donors (Lipinski definition) is 1.